The molecule has 7 heteroatoms. The van der Waals surface area contributed by atoms with Crippen LogP contribution < -0.4 is 16.4 Å². The molecule has 1 atom stereocenters. The molecule has 0 radical (unpaired) electrons. The van der Waals surface area contributed by atoms with Crippen LogP contribution >= 0.6 is 0 Å². The number of amides is 2. The van der Waals surface area contributed by atoms with Crippen LogP contribution in [0.5, 0.6) is 0 Å². The van der Waals surface area contributed by atoms with E-state index >= 15 is 0 Å². The van der Waals surface area contributed by atoms with Crippen LogP contribution in [0.3, 0.4) is 0 Å². The maximum absolute atomic E-state index is 13.7. The van der Waals surface area contributed by atoms with Crippen molar-refractivity contribution in [2.75, 3.05) is 25.0 Å². The number of piperidine rings is 1. The van der Waals surface area contributed by atoms with Crippen molar-refractivity contribution in [1.82, 2.24) is 15.2 Å². The molecule has 2 amide bonds. The van der Waals surface area contributed by atoms with Crippen LogP contribution in [0.2, 0.25) is 0 Å². The first kappa shape index (κ1) is 22.5. The fourth-order valence-corrected chi connectivity index (χ4v) is 5.35. The summed E-state index contributed by atoms with van der Waals surface area (Å²) in [5.41, 5.74) is 9.63. The van der Waals surface area contributed by atoms with Crippen molar-refractivity contribution < 1.29 is 9.59 Å². The fourth-order valence-electron chi connectivity index (χ4n) is 5.35. The number of rotatable bonds is 5. The maximum atomic E-state index is 13.7. The summed E-state index contributed by atoms with van der Waals surface area (Å²) in [5, 5.41) is 7.55. The highest BCUT2D eigenvalue weighted by Crippen LogP contribution is 2.43. The van der Waals surface area contributed by atoms with Crippen LogP contribution in [0.25, 0.3) is 10.9 Å². The molecular weight excluding hydrogens is 426 g/mol. The quantitative estimate of drug-likeness (QED) is 0.471. The van der Waals surface area contributed by atoms with Crippen molar-refractivity contribution in [1.29, 1.82) is 0 Å². The van der Waals surface area contributed by atoms with Gasteiger partial charge in [0.2, 0.25) is 11.8 Å². The smallest absolute Gasteiger partial charge is 0.245 e. The molecule has 7 nitrogen and oxygen atoms in total. The number of aromatic amines is 1. The number of H-pyrrole nitrogens is 1. The Labute approximate surface area is 200 Å². The first-order valence-electron chi connectivity index (χ1n) is 12.0. The summed E-state index contributed by atoms with van der Waals surface area (Å²) in [6.07, 6.45) is 4.14. The van der Waals surface area contributed by atoms with Crippen LogP contribution in [0.4, 0.5) is 5.69 Å². The van der Waals surface area contributed by atoms with E-state index in [9.17, 15) is 9.59 Å². The number of benzene rings is 2. The van der Waals surface area contributed by atoms with Crippen LogP contribution in [-0.2, 0) is 21.4 Å². The average Bonchev–Trinajstić information content (AvgIpc) is 3.40. The highest BCUT2D eigenvalue weighted by atomic mass is 16.2. The number of aromatic nitrogens is 1. The molecule has 1 saturated heterocycles. The number of anilines is 1. The van der Waals surface area contributed by atoms with E-state index in [-0.39, 0.29) is 17.2 Å². The molecule has 1 fully saturated rings. The molecule has 3 aromatic rings. The number of nitrogens with one attached hydrogen (secondary N) is 3. The number of carbonyl (C=O) groups excluding carboxylic acids is 2. The van der Waals surface area contributed by atoms with Gasteiger partial charge in [0.25, 0.3) is 0 Å². The molecule has 2 aliphatic heterocycles. The molecular formula is C27H33N5O2. The summed E-state index contributed by atoms with van der Waals surface area (Å²) in [6, 6.07) is 15.8. The molecule has 2 aromatic carbocycles. The second-order valence-electron chi connectivity index (χ2n) is 10.3. The molecule has 0 bridgehead atoms. The van der Waals surface area contributed by atoms with Gasteiger partial charge in [-0.15, -0.1) is 0 Å². The minimum absolute atomic E-state index is 0.0445. The van der Waals surface area contributed by atoms with Crippen molar-refractivity contribution in [2.45, 2.75) is 50.1 Å². The Morgan fingerprint density at radius 1 is 1.12 bits per heavy atom. The maximum Gasteiger partial charge on any atom is 0.245 e. The van der Waals surface area contributed by atoms with Gasteiger partial charge in [-0.3, -0.25) is 9.59 Å². The molecule has 1 aromatic heterocycles. The Bertz CT molecular complexity index is 1220. The van der Waals surface area contributed by atoms with Crippen LogP contribution in [-0.4, -0.2) is 52.9 Å². The Hall–Kier alpha value is -3.32. The van der Waals surface area contributed by atoms with Crippen LogP contribution in [0.1, 0.15) is 37.8 Å². The molecule has 1 spiro atoms. The zero-order valence-corrected chi connectivity index (χ0v) is 19.9. The van der Waals surface area contributed by atoms with E-state index in [0.29, 0.717) is 19.5 Å². The molecule has 2 aliphatic rings. The van der Waals surface area contributed by atoms with Gasteiger partial charge in [0.1, 0.15) is 6.04 Å². The van der Waals surface area contributed by atoms with Gasteiger partial charge in [-0.1, -0.05) is 36.4 Å². The molecule has 3 heterocycles. The number of nitrogens with zero attached hydrogens (tertiary/aromatic N) is 1. The van der Waals surface area contributed by atoms with Crippen molar-refractivity contribution in [3.05, 3.63) is 65.9 Å². The van der Waals surface area contributed by atoms with E-state index in [1.165, 1.54) is 11.3 Å². The standard InChI is InChI=1S/C27H33N5O2/c1-26(2,28)25(34)31-23(15-18-16-29-21-9-5-3-7-19(18)21)24(33)32-13-11-27(12-14-32)17-30-22-10-6-4-8-20(22)27/h3-10,16,23,29-30H,11-15,17,28H2,1-2H3,(H,31,34)/t23-/m1/s1. The van der Waals surface area contributed by atoms with E-state index in [0.717, 1.165) is 35.9 Å². The SMILES string of the molecule is CC(C)(N)C(=O)N[C@H](Cc1c[nH]c2ccccc12)C(=O)N1CCC2(CC1)CNc1ccccc12. The van der Waals surface area contributed by atoms with E-state index in [1.807, 2.05) is 35.4 Å². The van der Waals surface area contributed by atoms with E-state index < -0.39 is 11.6 Å². The van der Waals surface area contributed by atoms with Crippen molar-refractivity contribution >= 4 is 28.4 Å². The third-order valence-electron chi connectivity index (χ3n) is 7.44. The van der Waals surface area contributed by atoms with Crippen LogP contribution in [0.15, 0.2) is 54.7 Å². The molecule has 5 N–H and O–H groups in total. The molecule has 5 rings (SSSR count). The third-order valence-corrected chi connectivity index (χ3v) is 7.44. The summed E-state index contributed by atoms with van der Waals surface area (Å²) >= 11 is 0. The van der Waals surface area contributed by atoms with Gasteiger partial charge in [0, 0.05) is 54.3 Å². The van der Waals surface area contributed by atoms with E-state index in [4.69, 9.17) is 5.73 Å². The Morgan fingerprint density at radius 3 is 2.59 bits per heavy atom. The Kier molecular flexibility index (Phi) is 5.60. The molecule has 0 aliphatic carbocycles. The third kappa shape index (κ3) is 4.05. The number of fused-ring (bicyclic) bond motifs is 3. The predicted octanol–water partition coefficient (Wildman–Crippen LogP) is 2.92. The summed E-state index contributed by atoms with van der Waals surface area (Å²) in [7, 11) is 0. The van der Waals surface area contributed by atoms with Crippen molar-refractivity contribution in [2.24, 2.45) is 5.73 Å². The largest absolute Gasteiger partial charge is 0.384 e. The highest BCUT2D eigenvalue weighted by molar-refractivity contribution is 5.92. The summed E-state index contributed by atoms with van der Waals surface area (Å²) < 4.78 is 0. The molecule has 178 valence electrons. The molecule has 0 unspecified atom stereocenters. The number of carbonyl (C=O) groups is 2. The lowest BCUT2D eigenvalue weighted by molar-refractivity contribution is -0.138. The van der Waals surface area contributed by atoms with Gasteiger partial charge < -0.3 is 26.3 Å². The van der Waals surface area contributed by atoms with Gasteiger partial charge >= 0.3 is 0 Å². The normalized spacial score (nSPS) is 17.9. The summed E-state index contributed by atoms with van der Waals surface area (Å²) in [6.45, 7) is 5.56. The Balaban J connectivity index is 1.35. The zero-order valence-electron chi connectivity index (χ0n) is 19.9. The number of hydrogen-bond acceptors (Lipinski definition) is 4. The first-order chi connectivity index (χ1) is 16.3. The monoisotopic (exact) mass is 459 g/mol. The first-order valence-corrected chi connectivity index (χ1v) is 12.0. The van der Waals surface area contributed by atoms with Gasteiger partial charge in [-0.2, -0.15) is 0 Å². The second kappa shape index (κ2) is 8.47. The minimum atomic E-state index is -1.07. The lowest BCUT2D eigenvalue weighted by Gasteiger charge is -2.40. The van der Waals surface area contributed by atoms with Gasteiger partial charge in [-0.05, 0) is 49.9 Å². The molecule has 34 heavy (non-hydrogen) atoms. The number of para-hydroxylation sites is 2. The average molecular weight is 460 g/mol. The Morgan fingerprint density at radius 2 is 1.82 bits per heavy atom. The van der Waals surface area contributed by atoms with Gasteiger partial charge in [-0.25, -0.2) is 0 Å². The predicted molar refractivity (Wildman–Crippen MR) is 135 cm³/mol. The number of likely N-dealkylation sites (tertiary alicyclic amines) is 1. The summed E-state index contributed by atoms with van der Waals surface area (Å²) in [5.74, 6) is -0.370. The minimum Gasteiger partial charge on any atom is -0.384 e. The highest BCUT2D eigenvalue weighted by Gasteiger charge is 2.43. The van der Waals surface area contributed by atoms with E-state index in [1.54, 1.807) is 13.8 Å². The molecule has 0 saturated carbocycles. The topological polar surface area (TPSA) is 103 Å². The van der Waals surface area contributed by atoms with Crippen molar-refractivity contribution in [3.63, 3.8) is 0 Å². The number of hydrogen-bond donors (Lipinski definition) is 4. The lowest BCUT2D eigenvalue weighted by Crippen LogP contribution is -2.58. The van der Waals surface area contributed by atoms with Gasteiger partial charge in [0.15, 0.2) is 0 Å². The zero-order chi connectivity index (χ0) is 23.9. The second-order valence-corrected chi connectivity index (χ2v) is 10.3. The lowest BCUT2D eigenvalue weighted by atomic mass is 9.74. The number of nitrogens with two attached hydrogens (primary N) is 1. The fraction of sp³-hybridized carbons (Fsp3) is 0.407. The van der Waals surface area contributed by atoms with Crippen LogP contribution in [0, 0.1) is 0 Å². The summed E-state index contributed by atoms with van der Waals surface area (Å²) in [4.78, 5) is 31.7. The van der Waals surface area contributed by atoms with E-state index in [2.05, 4.69) is 39.9 Å². The van der Waals surface area contributed by atoms with Gasteiger partial charge in [0.05, 0.1) is 5.54 Å². The van der Waals surface area contributed by atoms with Crippen molar-refractivity contribution in [3.8, 4) is 0 Å².